The Morgan fingerprint density at radius 1 is 1.07 bits per heavy atom. The molecular formula is C22H21ClN4O2. The van der Waals surface area contributed by atoms with Gasteiger partial charge in [0.2, 0.25) is 0 Å². The lowest BCUT2D eigenvalue weighted by Gasteiger charge is -2.34. The van der Waals surface area contributed by atoms with Crippen LogP contribution in [0, 0.1) is 6.92 Å². The Balaban J connectivity index is 1.56. The maximum atomic E-state index is 12.7. The largest absolute Gasteiger partial charge is 0.422 e. The topological polar surface area (TPSA) is 54.0 Å². The predicted molar refractivity (Wildman–Crippen MR) is 116 cm³/mol. The lowest BCUT2D eigenvalue weighted by molar-refractivity contribution is 0.313. The molecule has 4 heterocycles. The third kappa shape index (κ3) is 3.28. The van der Waals surface area contributed by atoms with Crippen molar-refractivity contribution in [1.82, 2.24) is 14.3 Å². The first-order chi connectivity index (χ1) is 14.0. The standard InChI is InChI=1S/C22H21ClN4O2/c1-14-9-16(23)12-27-13-19(24-21(14)27)18-10-15-3-4-17(11-20(15)29-22(18)28)26-7-5-25(2)6-8-26/h3-4,9-13H,5-8H2,1-2H3. The highest BCUT2D eigenvalue weighted by atomic mass is 35.5. The molecule has 0 N–H and O–H groups in total. The van der Waals surface area contributed by atoms with Crippen molar-refractivity contribution in [2.75, 3.05) is 38.1 Å². The molecule has 0 aliphatic carbocycles. The second-order valence-corrected chi connectivity index (χ2v) is 8.09. The van der Waals surface area contributed by atoms with Crippen LogP contribution >= 0.6 is 11.6 Å². The van der Waals surface area contributed by atoms with Gasteiger partial charge in [-0.25, -0.2) is 9.78 Å². The zero-order valence-corrected chi connectivity index (χ0v) is 17.1. The van der Waals surface area contributed by atoms with Crippen LogP contribution in [0.3, 0.4) is 0 Å². The summed E-state index contributed by atoms with van der Waals surface area (Å²) in [5, 5.41) is 1.50. The Morgan fingerprint density at radius 3 is 2.66 bits per heavy atom. The molecule has 0 atom stereocenters. The lowest BCUT2D eigenvalue weighted by Crippen LogP contribution is -2.44. The second-order valence-electron chi connectivity index (χ2n) is 7.66. The van der Waals surface area contributed by atoms with Gasteiger partial charge in [-0.15, -0.1) is 0 Å². The Labute approximate surface area is 172 Å². The van der Waals surface area contributed by atoms with Gasteiger partial charge in [0.1, 0.15) is 11.2 Å². The van der Waals surface area contributed by atoms with Gasteiger partial charge in [0, 0.05) is 55.7 Å². The van der Waals surface area contributed by atoms with E-state index in [2.05, 4.69) is 27.9 Å². The molecule has 1 aromatic carbocycles. The maximum Gasteiger partial charge on any atom is 0.345 e. The van der Waals surface area contributed by atoms with Gasteiger partial charge in [-0.05, 0) is 43.8 Å². The average Bonchev–Trinajstić information content (AvgIpc) is 3.11. The van der Waals surface area contributed by atoms with Crippen LogP contribution in [0.5, 0.6) is 0 Å². The fraction of sp³-hybridized carbons (Fsp3) is 0.273. The monoisotopic (exact) mass is 408 g/mol. The zero-order valence-electron chi connectivity index (χ0n) is 16.4. The third-order valence-corrected chi connectivity index (χ3v) is 5.77. The number of aryl methyl sites for hydroxylation is 1. The Morgan fingerprint density at radius 2 is 1.86 bits per heavy atom. The summed E-state index contributed by atoms with van der Waals surface area (Å²) in [6, 6.07) is 9.77. The predicted octanol–water partition coefficient (Wildman–Crippen LogP) is 3.82. The van der Waals surface area contributed by atoms with Gasteiger partial charge in [-0.2, -0.15) is 0 Å². The van der Waals surface area contributed by atoms with Crippen LogP contribution in [-0.2, 0) is 0 Å². The van der Waals surface area contributed by atoms with E-state index < -0.39 is 0 Å². The van der Waals surface area contributed by atoms with Gasteiger partial charge in [-0.3, -0.25) is 0 Å². The van der Waals surface area contributed by atoms with Gasteiger partial charge in [0.25, 0.3) is 0 Å². The Hall–Kier alpha value is -2.83. The molecule has 148 valence electrons. The molecule has 0 bridgehead atoms. The van der Waals surface area contributed by atoms with Crippen molar-refractivity contribution in [2.45, 2.75) is 6.92 Å². The quantitative estimate of drug-likeness (QED) is 0.472. The van der Waals surface area contributed by atoms with Crippen LogP contribution in [-0.4, -0.2) is 47.5 Å². The van der Waals surface area contributed by atoms with E-state index in [9.17, 15) is 4.79 Å². The molecule has 1 aliphatic rings. The molecule has 29 heavy (non-hydrogen) atoms. The normalized spacial score (nSPS) is 15.5. The summed E-state index contributed by atoms with van der Waals surface area (Å²) < 4.78 is 7.52. The molecule has 3 aromatic heterocycles. The van der Waals surface area contributed by atoms with Crippen LogP contribution in [0.15, 0.2) is 51.9 Å². The van der Waals surface area contributed by atoms with Crippen LogP contribution in [0.2, 0.25) is 5.02 Å². The summed E-state index contributed by atoms with van der Waals surface area (Å²) in [4.78, 5) is 22.0. The van der Waals surface area contributed by atoms with Crippen LogP contribution in [0.4, 0.5) is 5.69 Å². The fourth-order valence-electron chi connectivity index (χ4n) is 3.89. The molecule has 0 spiro atoms. The number of rotatable bonds is 2. The highest BCUT2D eigenvalue weighted by Crippen LogP contribution is 2.26. The molecular weight excluding hydrogens is 388 g/mol. The van der Waals surface area contributed by atoms with E-state index in [1.54, 1.807) is 6.20 Å². The van der Waals surface area contributed by atoms with Gasteiger partial charge in [-0.1, -0.05) is 11.6 Å². The minimum absolute atomic E-state index is 0.389. The lowest BCUT2D eigenvalue weighted by atomic mass is 10.1. The van der Waals surface area contributed by atoms with E-state index >= 15 is 0 Å². The summed E-state index contributed by atoms with van der Waals surface area (Å²) in [6.45, 7) is 5.93. The number of anilines is 1. The number of hydrogen-bond acceptors (Lipinski definition) is 5. The van der Waals surface area contributed by atoms with Gasteiger partial charge >= 0.3 is 5.63 Å². The summed E-state index contributed by atoms with van der Waals surface area (Å²) in [5.41, 5.74) is 4.04. The van der Waals surface area contributed by atoms with Crippen molar-refractivity contribution >= 4 is 33.9 Å². The SMILES string of the molecule is Cc1cc(Cl)cn2cc(-c3cc4ccc(N5CCN(C)CC5)cc4oc3=O)nc12. The van der Waals surface area contributed by atoms with Crippen LogP contribution < -0.4 is 10.5 Å². The zero-order chi connectivity index (χ0) is 20.1. The number of pyridine rings is 1. The van der Waals surface area contributed by atoms with Crippen molar-refractivity contribution in [3.05, 3.63) is 63.7 Å². The Bertz CT molecular complexity index is 1290. The first-order valence-corrected chi connectivity index (χ1v) is 10.0. The number of fused-ring (bicyclic) bond motifs is 2. The summed E-state index contributed by atoms with van der Waals surface area (Å²) in [5.74, 6) is 0. The molecule has 1 fully saturated rings. The molecule has 1 saturated heterocycles. The van der Waals surface area contributed by atoms with Crippen molar-refractivity contribution in [2.24, 2.45) is 0 Å². The molecule has 0 unspecified atom stereocenters. The second kappa shape index (κ2) is 6.90. The van der Waals surface area contributed by atoms with E-state index in [1.807, 2.05) is 41.8 Å². The Kier molecular flexibility index (Phi) is 4.33. The van der Waals surface area contributed by atoms with Crippen LogP contribution in [0.1, 0.15) is 5.56 Å². The van der Waals surface area contributed by atoms with Gasteiger partial charge < -0.3 is 18.6 Å². The number of piperazine rings is 1. The first-order valence-electron chi connectivity index (χ1n) is 9.64. The molecule has 0 amide bonds. The number of benzene rings is 1. The van der Waals surface area contributed by atoms with Gasteiger partial charge in [0.05, 0.1) is 16.3 Å². The van der Waals surface area contributed by atoms with Crippen molar-refractivity contribution < 1.29 is 4.42 Å². The minimum Gasteiger partial charge on any atom is -0.422 e. The summed E-state index contributed by atoms with van der Waals surface area (Å²) in [6.07, 6.45) is 3.59. The number of likely N-dealkylation sites (N-methyl/N-ethyl adjacent to an activating group) is 1. The molecule has 0 radical (unpaired) electrons. The highest BCUT2D eigenvalue weighted by Gasteiger charge is 2.17. The van der Waals surface area contributed by atoms with E-state index in [-0.39, 0.29) is 5.63 Å². The van der Waals surface area contributed by atoms with E-state index in [0.717, 1.165) is 48.5 Å². The molecule has 7 heteroatoms. The van der Waals surface area contributed by atoms with Gasteiger partial charge in [0.15, 0.2) is 0 Å². The maximum absolute atomic E-state index is 12.7. The van der Waals surface area contributed by atoms with E-state index in [4.69, 9.17) is 16.0 Å². The molecule has 5 rings (SSSR count). The third-order valence-electron chi connectivity index (χ3n) is 5.57. The molecule has 6 nitrogen and oxygen atoms in total. The van der Waals surface area contributed by atoms with E-state index in [0.29, 0.717) is 21.9 Å². The molecule has 1 aliphatic heterocycles. The first kappa shape index (κ1) is 18.2. The average molecular weight is 409 g/mol. The highest BCUT2D eigenvalue weighted by molar-refractivity contribution is 6.30. The van der Waals surface area contributed by atoms with Crippen molar-refractivity contribution in [3.8, 4) is 11.3 Å². The number of imidazole rings is 1. The minimum atomic E-state index is -0.389. The summed E-state index contributed by atoms with van der Waals surface area (Å²) in [7, 11) is 2.13. The number of nitrogens with zero attached hydrogens (tertiary/aromatic N) is 4. The molecule has 0 saturated carbocycles. The van der Waals surface area contributed by atoms with Crippen molar-refractivity contribution in [3.63, 3.8) is 0 Å². The number of hydrogen-bond donors (Lipinski definition) is 0. The fourth-order valence-corrected chi connectivity index (χ4v) is 4.16. The smallest absolute Gasteiger partial charge is 0.345 e. The van der Waals surface area contributed by atoms with E-state index in [1.165, 1.54) is 0 Å². The molecule has 4 aromatic rings. The number of aromatic nitrogens is 2. The van der Waals surface area contributed by atoms with Crippen molar-refractivity contribution in [1.29, 1.82) is 0 Å². The summed E-state index contributed by atoms with van der Waals surface area (Å²) >= 11 is 6.14. The number of halogens is 1. The van der Waals surface area contributed by atoms with Crippen LogP contribution in [0.25, 0.3) is 27.9 Å².